The Morgan fingerprint density at radius 3 is 2.52 bits per heavy atom. The normalized spacial score (nSPS) is 11.4. The Kier molecular flexibility index (Phi) is 4.27. The predicted molar refractivity (Wildman–Crippen MR) is 80.7 cm³/mol. The van der Waals surface area contributed by atoms with Crippen LogP contribution in [0.1, 0.15) is 24.3 Å². The minimum absolute atomic E-state index is 0.0110. The first-order valence-corrected chi connectivity index (χ1v) is 7.86. The largest absolute Gasteiger partial charge is 0.321 e. The molecule has 21 heavy (non-hydrogen) atoms. The van der Waals surface area contributed by atoms with Gasteiger partial charge in [0.15, 0.2) is 5.69 Å². The standard InChI is InChI=1S/C13H16N4O3S/c1-9(2)21(19,20)17-11-8-14-16-12(11)13(18)15-10-6-4-3-5-7-10/h3-9,17H,1-2H3,(H,14,16)(H,15,18). The second-order valence-corrected chi connectivity index (χ2v) is 6.90. The maximum atomic E-state index is 12.1. The molecular formula is C13H16N4O3S. The van der Waals surface area contributed by atoms with Crippen LogP contribution in [-0.2, 0) is 10.0 Å². The maximum absolute atomic E-state index is 12.1. The van der Waals surface area contributed by atoms with E-state index in [0.29, 0.717) is 5.69 Å². The van der Waals surface area contributed by atoms with Gasteiger partial charge in [-0.15, -0.1) is 0 Å². The van der Waals surface area contributed by atoms with E-state index >= 15 is 0 Å². The molecule has 3 N–H and O–H groups in total. The van der Waals surface area contributed by atoms with E-state index in [1.165, 1.54) is 6.20 Å². The number of H-pyrrole nitrogens is 1. The molecule has 0 atom stereocenters. The highest BCUT2D eigenvalue weighted by atomic mass is 32.2. The zero-order valence-corrected chi connectivity index (χ0v) is 12.4. The minimum Gasteiger partial charge on any atom is -0.321 e. The number of para-hydroxylation sites is 1. The van der Waals surface area contributed by atoms with Crippen LogP contribution in [-0.4, -0.2) is 29.8 Å². The maximum Gasteiger partial charge on any atom is 0.278 e. The van der Waals surface area contributed by atoms with Gasteiger partial charge in [0.05, 0.1) is 10.9 Å². The highest BCUT2D eigenvalue weighted by Gasteiger charge is 2.21. The van der Waals surface area contributed by atoms with Crippen molar-refractivity contribution in [2.24, 2.45) is 0 Å². The number of amides is 1. The molecule has 1 aromatic carbocycles. The van der Waals surface area contributed by atoms with Crippen molar-refractivity contribution in [3.63, 3.8) is 0 Å². The Morgan fingerprint density at radius 2 is 1.90 bits per heavy atom. The van der Waals surface area contributed by atoms with Crippen molar-refractivity contribution in [1.29, 1.82) is 0 Å². The summed E-state index contributed by atoms with van der Waals surface area (Å²) in [6.45, 7) is 3.10. The lowest BCUT2D eigenvalue weighted by Gasteiger charge is -2.10. The monoisotopic (exact) mass is 308 g/mol. The van der Waals surface area contributed by atoms with E-state index in [0.717, 1.165) is 0 Å². The van der Waals surface area contributed by atoms with Crippen LogP contribution in [0.3, 0.4) is 0 Å². The first kappa shape index (κ1) is 15.0. The van der Waals surface area contributed by atoms with Gasteiger partial charge in [-0.2, -0.15) is 5.10 Å². The van der Waals surface area contributed by atoms with Crippen molar-refractivity contribution >= 4 is 27.3 Å². The zero-order valence-electron chi connectivity index (χ0n) is 11.6. The van der Waals surface area contributed by atoms with Crippen molar-refractivity contribution in [3.05, 3.63) is 42.2 Å². The summed E-state index contributed by atoms with van der Waals surface area (Å²) < 4.78 is 26.0. The zero-order chi connectivity index (χ0) is 15.5. The number of hydrogen-bond acceptors (Lipinski definition) is 4. The number of nitrogens with zero attached hydrogens (tertiary/aromatic N) is 1. The van der Waals surface area contributed by atoms with E-state index in [2.05, 4.69) is 20.2 Å². The SMILES string of the molecule is CC(C)S(=O)(=O)Nc1c[nH]nc1C(=O)Nc1ccccc1. The predicted octanol–water partition coefficient (Wildman–Crippen LogP) is 1.81. The van der Waals surface area contributed by atoms with Crippen LogP contribution in [0.4, 0.5) is 11.4 Å². The number of benzene rings is 1. The number of sulfonamides is 1. The third kappa shape index (κ3) is 3.60. The van der Waals surface area contributed by atoms with Crippen LogP contribution in [0, 0.1) is 0 Å². The van der Waals surface area contributed by atoms with Gasteiger partial charge in [0, 0.05) is 11.9 Å². The van der Waals surface area contributed by atoms with E-state index in [1.54, 1.807) is 38.1 Å². The summed E-state index contributed by atoms with van der Waals surface area (Å²) in [5.41, 5.74) is 0.711. The summed E-state index contributed by atoms with van der Waals surface area (Å²) in [6, 6.07) is 8.84. The van der Waals surface area contributed by atoms with Gasteiger partial charge >= 0.3 is 0 Å². The fourth-order valence-electron chi connectivity index (χ4n) is 1.52. The first-order valence-electron chi connectivity index (χ1n) is 6.32. The van der Waals surface area contributed by atoms with E-state index in [1.807, 2.05) is 6.07 Å². The van der Waals surface area contributed by atoms with Crippen molar-refractivity contribution in [1.82, 2.24) is 10.2 Å². The average Bonchev–Trinajstić information content (AvgIpc) is 2.87. The van der Waals surface area contributed by atoms with Gasteiger partial charge < -0.3 is 5.32 Å². The Hall–Kier alpha value is -2.35. The van der Waals surface area contributed by atoms with Crippen molar-refractivity contribution < 1.29 is 13.2 Å². The molecule has 1 heterocycles. The van der Waals surface area contributed by atoms with Gasteiger partial charge in [-0.05, 0) is 26.0 Å². The molecule has 112 valence electrons. The molecule has 0 bridgehead atoms. The minimum atomic E-state index is -3.54. The van der Waals surface area contributed by atoms with Gasteiger partial charge in [-0.25, -0.2) is 8.42 Å². The van der Waals surface area contributed by atoms with Crippen LogP contribution in [0.25, 0.3) is 0 Å². The first-order chi connectivity index (χ1) is 9.90. The fraction of sp³-hybridized carbons (Fsp3) is 0.231. The summed E-state index contributed by atoms with van der Waals surface area (Å²) in [4.78, 5) is 12.1. The topological polar surface area (TPSA) is 104 Å². The van der Waals surface area contributed by atoms with E-state index < -0.39 is 21.2 Å². The Bertz CT molecular complexity index is 723. The molecule has 0 fully saturated rings. The lowest BCUT2D eigenvalue weighted by molar-refractivity contribution is 0.102. The van der Waals surface area contributed by atoms with E-state index in [9.17, 15) is 13.2 Å². The van der Waals surface area contributed by atoms with Crippen molar-refractivity contribution in [2.45, 2.75) is 19.1 Å². The molecule has 0 unspecified atom stereocenters. The van der Waals surface area contributed by atoms with Gasteiger partial charge in [0.25, 0.3) is 5.91 Å². The molecule has 1 amide bonds. The van der Waals surface area contributed by atoms with E-state index in [-0.39, 0.29) is 11.4 Å². The third-order valence-electron chi connectivity index (χ3n) is 2.76. The molecule has 1 aromatic heterocycles. The number of carbonyl (C=O) groups is 1. The molecule has 2 aromatic rings. The second kappa shape index (κ2) is 5.96. The number of hydrogen-bond donors (Lipinski definition) is 3. The highest BCUT2D eigenvalue weighted by molar-refractivity contribution is 7.93. The van der Waals surface area contributed by atoms with Crippen molar-refractivity contribution in [2.75, 3.05) is 10.0 Å². The lowest BCUT2D eigenvalue weighted by Crippen LogP contribution is -2.24. The number of aromatic amines is 1. The van der Waals surface area contributed by atoms with Crippen LogP contribution in [0.2, 0.25) is 0 Å². The van der Waals surface area contributed by atoms with Gasteiger partial charge in [-0.1, -0.05) is 18.2 Å². The third-order valence-corrected chi connectivity index (χ3v) is 4.51. The van der Waals surface area contributed by atoms with E-state index in [4.69, 9.17) is 0 Å². The number of carbonyl (C=O) groups excluding carboxylic acids is 1. The lowest BCUT2D eigenvalue weighted by atomic mass is 10.3. The molecule has 7 nitrogen and oxygen atoms in total. The molecule has 2 rings (SSSR count). The molecule has 0 saturated heterocycles. The Labute approximate surface area is 122 Å². The summed E-state index contributed by atoms with van der Waals surface area (Å²) in [5, 5.41) is 8.31. The molecule has 0 spiro atoms. The Balaban J connectivity index is 2.19. The van der Waals surface area contributed by atoms with Crippen LogP contribution < -0.4 is 10.0 Å². The summed E-state index contributed by atoms with van der Waals surface area (Å²) in [6.07, 6.45) is 1.33. The molecular weight excluding hydrogens is 292 g/mol. The molecule has 0 saturated carbocycles. The number of anilines is 2. The summed E-state index contributed by atoms with van der Waals surface area (Å²) >= 11 is 0. The average molecular weight is 308 g/mol. The quantitative estimate of drug-likeness (QED) is 0.783. The summed E-state index contributed by atoms with van der Waals surface area (Å²) in [5.74, 6) is -0.496. The highest BCUT2D eigenvalue weighted by Crippen LogP contribution is 2.17. The smallest absolute Gasteiger partial charge is 0.278 e. The van der Waals surface area contributed by atoms with Crippen molar-refractivity contribution in [3.8, 4) is 0 Å². The second-order valence-electron chi connectivity index (χ2n) is 4.66. The summed E-state index contributed by atoms with van der Waals surface area (Å²) in [7, 11) is -3.54. The Morgan fingerprint density at radius 1 is 1.24 bits per heavy atom. The fourth-order valence-corrected chi connectivity index (χ4v) is 2.22. The van der Waals surface area contributed by atoms with Crippen LogP contribution in [0.5, 0.6) is 0 Å². The molecule has 0 radical (unpaired) electrons. The number of aromatic nitrogens is 2. The molecule has 0 aliphatic carbocycles. The number of nitrogens with one attached hydrogen (secondary N) is 3. The van der Waals surface area contributed by atoms with Crippen LogP contribution >= 0.6 is 0 Å². The van der Waals surface area contributed by atoms with Gasteiger partial charge in [0.1, 0.15) is 0 Å². The van der Waals surface area contributed by atoms with Gasteiger partial charge in [-0.3, -0.25) is 14.6 Å². The molecule has 0 aliphatic heterocycles. The van der Waals surface area contributed by atoms with Gasteiger partial charge in [0.2, 0.25) is 10.0 Å². The molecule has 8 heteroatoms. The molecule has 0 aliphatic rings. The number of rotatable bonds is 5. The van der Waals surface area contributed by atoms with Crippen LogP contribution in [0.15, 0.2) is 36.5 Å².